The number of hydrogen-bond acceptors (Lipinski definition) is 1. The lowest BCUT2D eigenvalue weighted by Gasteiger charge is -2.44. The third-order valence-corrected chi connectivity index (χ3v) is 18.2. The molecule has 0 aliphatic heterocycles. The lowest BCUT2D eigenvalue weighted by atomic mass is 9.84. The Kier molecular flexibility index (Phi) is 8.39. The summed E-state index contributed by atoms with van der Waals surface area (Å²) in [5.41, 5.74) is 10.4. The smallest absolute Gasteiger partial charge is 0.169 e. The highest BCUT2D eigenvalue weighted by Gasteiger charge is 2.46. The zero-order valence-electron chi connectivity index (χ0n) is 27.5. The van der Waals surface area contributed by atoms with Crippen LogP contribution in [0.4, 0.5) is 11.4 Å². The van der Waals surface area contributed by atoms with E-state index in [0.29, 0.717) is 28.5 Å². The van der Waals surface area contributed by atoms with Gasteiger partial charge in [0.05, 0.1) is 0 Å². The number of nitrogens with one attached hydrogen (secondary N) is 1. The minimum absolute atomic E-state index is 0.669. The fourth-order valence-corrected chi connectivity index (χ4v) is 16.3. The quantitative estimate of drug-likeness (QED) is 0.205. The van der Waals surface area contributed by atoms with Crippen molar-refractivity contribution in [3.05, 3.63) is 59.9 Å². The molecule has 1 N–H and O–H groups in total. The number of aromatic nitrogens is 2. The van der Waals surface area contributed by atoms with Crippen molar-refractivity contribution in [1.82, 2.24) is 8.80 Å². The third-order valence-electron chi connectivity index (χ3n) is 11.4. The predicted octanol–water partition coefficient (Wildman–Crippen LogP) is 12.0. The fourth-order valence-electron chi connectivity index (χ4n) is 9.63. The van der Waals surface area contributed by atoms with Gasteiger partial charge in [-0.1, -0.05) is 86.1 Å². The summed E-state index contributed by atoms with van der Waals surface area (Å²) >= 11 is 0. The van der Waals surface area contributed by atoms with Crippen molar-refractivity contribution in [3.63, 3.8) is 0 Å². The molecular weight excluding hydrogens is 527 g/mol. The van der Waals surface area contributed by atoms with E-state index in [1.54, 1.807) is 11.1 Å². The second kappa shape index (κ2) is 11.9. The standard InChI is InChI=1S/C38H55N3Si/c1-26(2)42(27(3)4,28(5)6)41-25-36(30-16-12-9-13-17-30)33-20-18-32(23-38(33)41)39-31-19-21-37-34(22-31)35(24-40(37)7)29-14-10-8-11-15-29/h18-30,39H,8-17H2,1-7H3. The van der Waals surface area contributed by atoms with Gasteiger partial charge < -0.3 is 14.1 Å². The maximum Gasteiger partial charge on any atom is 0.169 e. The van der Waals surface area contributed by atoms with Gasteiger partial charge in [-0.3, -0.25) is 0 Å². The highest BCUT2D eigenvalue weighted by Crippen LogP contribution is 2.47. The third kappa shape index (κ3) is 5.06. The average molecular weight is 582 g/mol. The lowest BCUT2D eigenvalue weighted by Crippen LogP contribution is -2.51. The second-order valence-corrected chi connectivity index (χ2v) is 20.5. The van der Waals surface area contributed by atoms with Gasteiger partial charge in [0, 0.05) is 46.4 Å². The molecule has 0 radical (unpaired) electrons. The Morgan fingerprint density at radius 1 is 0.619 bits per heavy atom. The molecule has 2 aliphatic carbocycles. The maximum atomic E-state index is 3.88. The summed E-state index contributed by atoms with van der Waals surface area (Å²) in [6.45, 7) is 15.0. The number of fused-ring (bicyclic) bond motifs is 2. The van der Waals surface area contributed by atoms with E-state index >= 15 is 0 Å². The maximum absolute atomic E-state index is 3.88. The molecule has 42 heavy (non-hydrogen) atoms. The van der Waals surface area contributed by atoms with Gasteiger partial charge in [-0.25, -0.2) is 0 Å². The fraction of sp³-hybridized carbons (Fsp3) is 0.579. The Morgan fingerprint density at radius 2 is 1.14 bits per heavy atom. The first-order valence-corrected chi connectivity index (χ1v) is 19.4. The van der Waals surface area contributed by atoms with Crippen molar-refractivity contribution in [1.29, 1.82) is 0 Å². The van der Waals surface area contributed by atoms with E-state index in [1.807, 2.05) is 0 Å². The average Bonchev–Trinajstić information content (AvgIpc) is 3.51. The minimum Gasteiger partial charge on any atom is -0.373 e. The van der Waals surface area contributed by atoms with Gasteiger partial charge in [-0.05, 0) is 102 Å². The van der Waals surface area contributed by atoms with Crippen LogP contribution in [0.2, 0.25) is 16.6 Å². The van der Waals surface area contributed by atoms with Gasteiger partial charge in [-0.2, -0.15) is 0 Å². The zero-order valence-corrected chi connectivity index (χ0v) is 28.5. The van der Waals surface area contributed by atoms with Gasteiger partial charge in [0.1, 0.15) is 0 Å². The molecule has 4 heteroatoms. The van der Waals surface area contributed by atoms with E-state index in [-0.39, 0.29) is 0 Å². The molecule has 3 nitrogen and oxygen atoms in total. The van der Waals surface area contributed by atoms with Crippen LogP contribution in [-0.2, 0) is 7.05 Å². The van der Waals surface area contributed by atoms with Crippen molar-refractivity contribution >= 4 is 41.4 Å². The summed E-state index contributed by atoms with van der Waals surface area (Å²) < 4.78 is 5.21. The molecule has 226 valence electrons. The van der Waals surface area contributed by atoms with E-state index in [1.165, 1.54) is 97.4 Å². The topological polar surface area (TPSA) is 21.9 Å². The van der Waals surface area contributed by atoms with Crippen LogP contribution in [0, 0.1) is 0 Å². The van der Waals surface area contributed by atoms with Crippen molar-refractivity contribution in [2.24, 2.45) is 7.05 Å². The predicted molar refractivity (Wildman–Crippen MR) is 186 cm³/mol. The van der Waals surface area contributed by atoms with E-state index in [9.17, 15) is 0 Å². The Bertz CT molecular complexity index is 1500. The van der Waals surface area contributed by atoms with Crippen LogP contribution in [0.25, 0.3) is 21.8 Å². The zero-order chi connectivity index (χ0) is 29.6. The highest BCUT2D eigenvalue weighted by molar-refractivity contribution is 6.82. The van der Waals surface area contributed by atoms with Crippen LogP contribution in [0.15, 0.2) is 48.8 Å². The van der Waals surface area contributed by atoms with Crippen LogP contribution in [0.3, 0.4) is 0 Å². The summed E-state index contributed by atoms with van der Waals surface area (Å²) in [7, 11) is 0.310. The Morgan fingerprint density at radius 3 is 1.71 bits per heavy atom. The van der Waals surface area contributed by atoms with Crippen LogP contribution < -0.4 is 5.32 Å². The molecule has 2 aliphatic rings. The van der Waals surface area contributed by atoms with Crippen LogP contribution >= 0.6 is 0 Å². The summed E-state index contributed by atoms with van der Waals surface area (Å²) in [6, 6.07) is 14.3. The molecule has 2 heterocycles. The van der Waals surface area contributed by atoms with Crippen LogP contribution in [0.5, 0.6) is 0 Å². The van der Waals surface area contributed by atoms with Crippen LogP contribution in [0.1, 0.15) is 129 Å². The van der Waals surface area contributed by atoms with Crippen LogP contribution in [-0.4, -0.2) is 17.0 Å². The normalized spacial score (nSPS) is 17.9. The number of hydrogen-bond donors (Lipinski definition) is 1. The van der Waals surface area contributed by atoms with Crippen molar-refractivity contribution < 1.29 is 0 Å². The Balaban J connectivity index is 1.44. The lowest BCUT2D eigenvalue weighted by molar-refractivity contribution is 0.445. The monoisotopic (exact) mass is 581 g/mol. The summed E-state index contributed by atoms with van der Waals surface area (Å²) in [4.78, 5) is 0. The van der Waals surface area contributed by atoms with Gasteiger partial charge in [0.2, 0.25) is 0 Å². The van der Waals surface area contributed by atoms with Crippen molar-refractivity contribution in [3.8, 4) is 0 Å². The first-order chi connectivity index (χ1) is 20.2. The number of aryl methyl sites for hydroxylation is 1. The summed E-state index contributed by atoms with van der Waals surface area (Å²) in [5.74, 6) is 1.41. The van der Waals surface area contributed by atoms with Gasteiger partial charge >= 0.3 is 0 Å². The second-order valence-electron chi connectivity index (χ2n) is 14.8. The molecule has 4 aromatic rings. The molecule has 2 aromatic carbocycles. The van der Waals surface area contributed by atoms with E-state index < -0.39 is 8.24 Å². The van der Waals surface area contributed by atoms with Gasteiger partial charge in [-0.15, -0.1) is 0 Å². The number of rotatable bonds is 8. The van der Waals surface area contributed by atoms with E-state index in [4.69, 9.17) is 0 Å². The molecule has 0 amide bonds. The molecule has 0 saturated heterocycles. The number of benzene rings is 2. The van der Waals surface area contributed by atoms with E-state index in [2.05, 4.69) is 111 Å². The van der Waals surface area contributed by atoms with Gasteiger partial charge in [0.15, 0.2) is 8.24 Å². The molecule has 0 bridgehead atoms. The Hall–Kier alpha value is -2.46. The molecule has 2 aromatic heterocycles. The summed E-state index contributed by atoms with van der Waals surface area (Å²) in [6.07, 6.45) is 18.7. The van der Waals surface area contributed by atoms with Gasteiger partial charge in [0.25, 0.3) is 0 Å². The molecule has 6 rings (SSSR count). The molecule has 2 saturated carbocycles. The molecular formula is C38H55N3Si. The highest BCUT2D eigenvalue weighted by atomic mass is 28.3. The minimum atomic E-state index is -1.90. The molecule has 0 unspecified atom stereocenters. The Labute approximate surface area is 256 Å². The van der Waals surface area contributed by atoms with E-state index in [0.717, 1.165) is 0 Å². The molecule has 2 fully saturated rings. The van der Waals surface area contributed by atoms with Crippen molar-refractivity contribution in [2.45, 2.75) is 134 Å². The van der Waals surface area contributed by atoms with Crippen molar-refractivity contribution in [2.75, 3.05) is 5.32 Å². The molecule has 0 spiro atoms. The summed E-state index contributed by atoms with van der Waals surface area (Å²) in [5, 5.41) is 6.81. The number of anilines is 2. The molecule has 0 atom stereocenters. The number of nitrogens with zero attached hydrogens (tertiary/aromatic N) is 2. The first-order valence-electron chi connectivity index (χ1n) is 17.2. The SMILES string of the molecule is CC(C)[Si](C(C)C)(C(C)C)n1cc(C2CCCCC2)c2ccc(Nc3ccc4c(c3)c(C3CCCCC3)cn4C)cc21. The first kappa shape index (κ1) is 29.6. The largest absolute Gasteiger partial charge is 0.373 e.